The summed E-state index contributed by atoms with van der Waals surface area (Å²) in [6, 6.07) is 4.51. The number of carbonyl (C=O) groups excluding carboxylic acids is 1. The molecule has 0 spiro atoms. The molecular weight excluding hydrogens is 241 g/mol. The van der Waals surface area contributed by atoms with Crippen LogP contribution >= 0.6 is 11.3 Å². The van der Waals surface area contributed by atoms with Gasteiger partial charge < -0.3 is 4.74 Å². The van der Waals surface area contributed by atoms with Crippen LogP contribution in [0.1, 0.15) is 20.9 Å². The Kier molecular flexibility index (Phi) is 3.19. The van der Waals surface area contributed by atoms with Crippen LogP contribution in [0.3, 0.4) is 0 Å². The van der Waals surface area contributed by atoms with Crippen LogP contribution in [-0.2, 0) is 0 Å². The highest BCUT2D eigenvalue weighted by atomic mass is 32.1. The van der Waals surface area contributed by atoms with E-state index in [1.54, 1.807) is 18.5 Å². The van der Waals surface area contributed by atoms with Crippen LogP contribution in [0.5, 0.6) is 5.75 Å². The summed E-state index contributed by atoms with van der Waals surface area (Å²) in [5, 5.41) is 0. The van der Waals surface area contributed by atoms with Crippen molar-refractivity contribution in [2.75, 3.05) is 7.11 Å². The highest BCUT2D eigenvalue weighted by molar-refractivity contribution is 7.12. The molecule has 0 aliphatic rings. The third kappa shape index (κ3) is 2.06. The molecule has 2 rings (SSSR count). The van der Waals surface area contributed by atoms with Crippen molar-refractivity contribution in [2.45, 2.75) is 6.92 Å². The zero-order valence-electron chi connectivity index (χ0n) is 9.36. The van der Waals surface area contributed by atoms with Crippen molar-refractivity contribution in [3.8, 4) is 5.75 Å². The first-order valence-corrected chi connectivity index (χ1v) is 5.80. The second-order valence-electron chi connectivity index (χ2n) is 3.42. The lowest BCUT2D eigenvalue weighted by Crippen LogP contribution is -2.05. The van der Waals surface area contributed by atoms with Crippen LogP contribution in [0.15, 0.2) is 23.7 Å². The fourth-order valence-electron chi connectivity index (χ4n) is 1.49. The third-order valence-corrected chi connectivity index (χ3v) is 3.31. The number of benzene rings is 1. The summed E-state index contributed by atoms with van der Waals surface area (Å²) in [7, 11) is 1.37. The first kappa shape index (κ1) is 11.7. The minimum absolute atomic E-state index is 0.0108. The van der Waals surface area contributed by atoms with Gasteiger partial charge >= 0.3 is 0 Å². The highest BCUT2D eigenvalue weighted by Gasteiger charge is 2.20. The molecule has 88 valence electrons. The van der Waals surface area contributed by atoms with Gasteiger partial charge in [0, 0.05) is 0 Å². The fourth-order valence-corrected chi connectivity index (χ4v) is 2.24. The topological polar surface area (TPSA) is 39.2 Å². The standard InChI is InChI=1S/C12H10FNO2S/c1-7-12(17-6-14-7)11(15)8-4-3-5-9(16-2)10(8)13/h3-6H,1-2H3. The van der Waals surface area contributed by atoms with Crippen molar-refractivity contribution in [3.05, 3.63) is 45.7 Å². The molecule has 0 saturated heterocycles. The predicted molar refractivity (Wildman–Crippen MR) is 63.2 cm³/mol. The van der Waals surface area contributed by atoms with E-state index in [0.29, 0.717) is 10.6 Å². The molecule has 1 heterocycles. The summed E-state index contributed by atoms with van der Waals surface area (Å²) >= 11 is 1.21. The Morgan fingerprint density at radius 3 is 2.82 bits per heavy atom. The number of hydrogen-bond donors (Lipinski definition) is 0. The maximum Gasteiger partial charge on any atom is 0.207 e. The summed E-state index contributed by atoms with van der Waals surface area (Å²) in [6.07, 6.45) is 0. The van der Waals surface area contributed by atoms with Gasteiger partial charge in [0.2, 0.25) is 5.78 Å². The van der Waals surface area contributed by atoms with Gasteiger partial charge in [0.1, 0.15) is 0 Å². The number of hydrogen-bond acceptors (Lipinski definition) is 4. The molecule has 0 bridgehead atoms. The molecule has 1 aromatic heterocycles. The lowest BCUT2D eigenvalue weighted by Gasteiger charge is -2.05. The monoisotopic (exact) mass is 251 g/mol. The van der Waals surface area contributed by atoms with Crippen LogP contribution in [0.4, 0.5) is 4.39 Å². The molecule has 0 N–H and O–H groups in total. The number of halogens is 1. The molecule has 0 fully saturated rings. The minimum atomic E-state index is -0.632. The Balaban J connectivity index is 2.48. The van der Waals surface area contributed by atoms with E-state index in [1.807, 2.05) is 0 Å². The average Bonchev–Trinajstić information content (AvgIpc) is 2.75. The predicted octanol–water partition coefficient (Wildman–Crippen LogP) is 2.83. The molecule has 2 aromatic rings. The van der Waals surface area contributed by atoms with Gasteiger partial charge in [-0.05, 0) is 19.1 Å². The van der Waals surface area contributed by atoms with Crippen LogP contribution in [0.25, 0.3) is 0 Å². The minimum Gasteiger partial charge on any atom is -0.494 e. The highest BCUT2D eigenvalue weighted by Crippen LogP contribution is 2.24. The van der Waals surface area contributed by atoms with Crippen molar-refractivity contribution >= 4 is 17.1 Å². The number of rotatable bonds is 3. The fraction of sp³-hybridized carbons (Fsp3) is 0.167. The molecule has 0 saturated carbocycles. The van der Waals surface area contributed by atoms with Crippen molar-refractivity contribution in [1.82, 2.24) is 4.98 Å². The summed E-state index contributed by atoms with van der Waals surface area (Å²) in [4.78, 5) is 16.5. The Morgan fingerprint density at radius 1 is 1.47 bits per heavy atom. The lowest BCUT2D eigenvalue weighted by molar-refractivity contribution is 0.103. The van der Waals surface area contributed by atoms with Gasteiger partial charge in [-0.15, -0.1) is 11.3 Å². The molecular formula is C12H10FNO2S. The van der Waals surface area contributed by atoms with Gasteiger partial charge in [-0.3, -0.25) is 4.79 Å². The van der Waals surface area contributed by atoms with Gasteiger partial charge in [0.25, 0.3) is 0 Å². The van der Waals surface area contributed by atoms with E-state index in [1.165, 1.54) is 30.6 Å². The molecule has 0 unspecified atom stereocenters. The van der Waals surface area contributed by atoms with E-state index in [9.17, 15) is 9.18 Å². The summed E-state index contributed by atoms with van der Waals surface area (Å²) in [5.74, 6) is -0.924. The Labute approximate surface area is 102 Å². The molecule has 0 amide bonds. The van der Waals surface area contributed by atoms with Gasteiger partial charge in [0.05, 0.1) is 28.8 Å². The van der Waals surface area contributed by atoms with Gasteiger partial charge in [-0.25, -0.2) is 9.37 Å². The summed E-state index contributed by atoms with van der Waals surface area (Å²) in [5.41, 5.74) is 2.19. The smallest absolute Gasteiger partial charge is 0.207 e. The van der Waals surface area contributed by atoms with Crippen molar-refractivity contribution < 1.29 is 13.9 Å². The Bertz CT molecular complexity index is 565. The van der Waals surface area contributed by atoms with Gasteiger partial charge in [-0.2, -0.15) is 0 Å². The number of thiazole rings is 1. The number of ether oxygens (including phenoxy) is 1. The number of aryl methyl sites for hydroxylation is 1. The first-order valence-electron chi connectivity index (χ1n) is 4.92. The van der Waals surface area contributed by atoms with E-state index in [-0.39, 0.29) is 17.1 Å². The quantitative estimate of drug-likeness (QED) is 0.787. The second-order valence-corrected chi connectivity index (χ2v) is 4.27. The van der Waals surface area contributed by atoms with Crippen molar-refractivity contribution in [2.24, 2.45) is 0 Å². The molecule has 0 aliphatic carbocycles. The Morgan fingerprint density at radius 2 is 2.24 bits per heavy atom. The van der Waals surface area contributed by atoms with Crippen LogP contribution in [0, 0.1) is 12.7 Å². The lowest BCUT2D eigenvalue weighted by atomic mass is 10.1. The normalized spacial score (nSPS) is 10.3. The summed E-state index contributed by atoms with van der Waals surface area (Å²) < 4.78 is 18.7. The van der Waals surface area contributed by atoms with Crippen molar-refractivity contribution in [3.63, 3.8) is 0 Å². The van der Waals surface area contributed by atoms with E-state index in [0.717, 1.165) is 0 Å². The summed E-state index contributed by atoms with van der Waals surface area (Å²) in [6.45, 7) is 1.72. The van der Waals surface area contributed by atoms with Gasteiger partial charge in [-0.1, -0.05) is 6.07 Å². The first-order chi connectivity index (χ1) is 8.15. The van der Waals surface area contributed by atoms with Crippen LogP contribution in [0.2, 0.25) is 0 Å². The van der Waals surface area contributed by atoms with E-state index >= 15 is 0 Å². The number of ketones is 1. The molecule has 1 aromatic carbocycles. The Hall–Kier alpha value is -1.75. The van der Waals surface area contributed by atoms with Crippen molar-refractivity contribution in [1.29, 1.82) is 0 Å². The van der Waals surface area contributed by atoms with Gasteiger partial charge in [0.15, 0.2) is 11.6 Å². The zero-order valence-corrected chi connectivity index (χ0v) is 10.2. The average molecular weight is 251 g/mol. The molecule has 0 atom stereocenters. The number of carbonyl (C=O) groups is 1. The largest absolute Gasteiger partial charge is 0.494 e. The molecule has 0 radical (unpaired) electrons. The number of nitrogens with zero attached hydrogens (tertiary/aromatic N) is 1. The molecule has 3 nitrogen and oxygen atoms in total. The second kappa shape index (κ2) is 4.63. The molecule has 5 heteroatoms. The number of methoxy groups -OCH3 is 1. The van der Waals surface area contributed by atoms with Crippen LogP contribution in [-0.4, -0.2) is 17.9 Å². The van der Waals surface area contributed by atoms with E-state index in [2.05, 4.69) is 4.98 Å². The van der Waals surface area contributed by atoms with Crippen LogP contribution < -0.4 is 4.74 Å². The molecule has 17 heavy (non-hydrogen) atoms. The molecule has 0 aliphatic heterocycles. The third-order valence-electron chi connectivity index (χ3n) is 2.38. The van der Waals surface area contributed by atoms with E-state index < -0.39 is 5.82 Å². The zero-order chi connectivity index (χ0) is 12.4. The maximum atomic E-state index is 13.9. The number of aromatic nitrogens is 1. The maximum absolute atomic E-state index is 13.9. The van der Waals surface area contributed by atoms with E-state index in [4.69, 9.17) is 4.74 Å². The SMILES string of the molecule is COc1cccc(C(=O)c2scnc2C)c1F.